The smallest absolute Gasteiger partial charge is 0.206 e. The molecule has 0 aromatic heterocycles. The van der Waals surface area contributed by atoms with Gasteiger partial charge in [0.1, 0.15) is 0 Å². The molecule has 45 heavy (non-hydrogen) atoms. The second-order valence-corrected chi connectivity index (χ2v) is 17.9. The molecule has 0 radical (unpaired) electrons. The van der Waals surface area contributed by atoms with Crippen LogP contribution in [0.25, 0.3) is 21.5 Å². The van der Waals surface area contributed by atoms with Gasteiger partial charge in [0.15, 0.2) is 0 Å². The monoisotopic (exact) mass is 649 g/mol. The maximum Gasteiger partial charge on any atom is 0.254 e. The molecule has 0 amide bonds. The summed E-state index contributed by atoms with van der Waals surface area (Å²) in [5, 5.41) is 3.59. The van der Waals surface area contributed by atoms with Gasteiger partial charge in [0.25, 0.3) is 20.0 Å². The highest BCUT2D eigenvalue weighted by atomic mass is 32.3. The fourth-order valence-corrected chi connectivity index (χ4v) is 10.8. The van der Waals surface area contributed by atoms with Gasteiger partial charge in [-0.05, 0) is 103 Å². The van der Waals surface area contributed by atoms with Crippen molar-refractivity contribution in [2.45, 2.75) is 128 Å². The van der Waals surface area contributed by atoms with Crippen LogP contribution in [0.3, 0.4) is 0 Å². The van der Waals surface area contributed by atoms with Crippen molar-refractivity contribution in [1.29, 1.82) is 0 Å². The molecule has 0 unspecified atom stereocenters. The third-order valence-corrected chi connectivity index (χ3v) is 12.6. The van der Waals surface area contributed by atoms with Crippen molar-refractivity contribution in [2.75, 3.05) is 0 Å². The molecule has 0 spiro atoms. The zero-order chi connectivity index (χ0) is 33.8. The molecular weight excluding hydrogens is 599 g/mol. The van der Waals surface area contributed by atoms with E-state index >= 15 is 0 Å². The van der Waals surface area contributed by atoms with Gasteiger partial charge >= 0.3 is 0 Å². The first-order valence-corrected chi connectivity index (χ1v) is 19.2. The van der Waals surface area contributed by atoms with E-state index in [0.29, 0.717) is 34.1 Å². The van der Waals surface area contributed by atoms with Crippen molar-refractivity contribution < 1.29 is 16.8 Å². The van der Waals surface area contributed by atoms with Gasteiger partial charge in [0.2, 0.25) is 0 Å². The van der Waals surface area contributed by atoms with Crippen LogP contribution in [0.1, 0.15) is 152 Å². The van der Waals surface area contributed by atoms with Crippen molar-refractivity contribution in [3.63, 3.8) is 0 Å². The fraction of sp³-hybridized carbons (Fsp3) is 0.474. The normalized spacial score (nSPS) is 13.2. The summed E-state index contributed by atoms with van der Waals surface area (Å²) in [5.41, 5.74) is 4.85. The maximum atomic E-state index is 14.5. The van der Waals surface area contributed by atoms with Gasteiger partial charge in [-0.2, -0.15) is 0 Å². The minimum atomic E-state index is -4.53. The van der Waals surface area contributed by atoms with E-state index in [9.17, 15) is 16.8 Å². The van der Waals surface area contributed by atoms with Crippen LogP contribution in [0.5, 0.6) is 0 Å². The Morgan fingerprint density at radius 2 is 0.778 bits per heavy atom. The molecule has 0 saturated carbocycles. The number of rotatable bonds is 10. The summed E-state index contributed by atoms with van der Waals surface area (Å²) in [7, 11) is -9.06. The maximum absolute atomic E-state index is 14.5. The minimum absolute atomic E-state index is 0.0698. The average molecular weight is 650 g/mol. The third kappa shape index (κ3) is 6.72. The Bertz CT molecular complexity index is 1820. The first kappa shape index (κ1) is 35.1. The Morgan fingerprint density at radius 1 is 0.444 bits per heavy atom. The summed E-state index contributed by atoms with van der Waals surface area (Å²) in [4.78, 5) is 0.140. The van der Waals surface area contributed by atoms with Crippen molar-refractivity contribution >= 4 is 41.6 Å². The fourth-order valence-electron chi connectivity index (χ4n) is 6.46. The number of nitrogens with one attached hydrogen (secondary N) is 1. The third-order valence-electron chi connectivity index (χ3n) is 8.86. The van der Waals surface area contributed by atoms with E-state index in [1.807, 2.05) is 91.8 Å². The molecule has 4 rings (SSSR count). The van der Waals surface area contributed by atoms with E-state index in [-0.39, 0.29) is 33.5 Å². The van der Waals surface area contributed by atoms with Crippen molar-refractivity contribution in [3.8, 4) is 0 Å². The SMILES string of the molecule is CC(C)c1ccc2c(C(C)C)c(S(=O)(=O)NS(=O)(=O)c3c(C(C)C)cc4cc(C(C)C)ccc4c3C(C)C)c(C(C)C)cc2c1. The van der Waals surface area contributed by atoms with E-state index in [4.69, 9.17) is 0 Å². The van der Waals surface area contributed by atoms with Gasteiger partial charge in [-0.25, -0.2) is 16.8 Å². The molecule has 0 saturated heterocycles. The molecule has 1 N–H and O–H groups in total. The summed E-state index contributed by atoms with van der Waals surface area (Å²) in [6, 6.07) is 16.2. The Hall–Kier alpha value is -2.74. The highest BCUT2D eigenvalue weighted by molar-refractivity contribution is 8.04. The Labute approximate surface area is 271 Å². The van der Waals surface area contributed by atoms with Crippen LogP contribution >= 0.6 is 0 Å². The lowest BCUT2D eigenvalue weighted by molar-refractivity contribution is 0.571. The first-order valence-electron chi connectivity index (χ1n) is 16.3. The molecular formula is C38H51NO4S2. The van der Waals surface area contributed by atoms with Crippen molar-refractivity contribution in [1.82, 2.24) is 4.13 Å². The quantitative estimate of drug-likeness (QED) is 0.185. The average Bonchev–Trinajstić information content (AvgIpc) is 2.93. The number of hydrogen-bond acceptors (Lipinski definition) is 4. The van der Waals surface area contributed by atoms with E-state index in [2.05, 4.69) is 44.0 Å². The predicted molar refractivity (Wildman–Crippen MR) is 190 cm³/mol. The lowest BCUT2D eigenvalue weighted by atomic mass is 9.88. The van der Waals surface area contributed by atoms with E-state index in [1.54, 1.807) is 0 Å². The summed E-state index contributed by atoms with van der Waals surface area (Å²) in [6.07, 6.45) is 0. The summed E-state index contributed by atoms with van der Waals surface area (Å²) < 4.78 is 60.5. The molecule has 0 fully saturated rings. The molecule has 7 heteroatoms. The van der Waals surface area contributed by atoms with E-state index in [0.717, 1.165) is 21.5 Å². The molecule has 4 aromatic carbocycles. The number of benzene rings is 4. The van der Waals surface area contributed by atoms with Crippen molar-refractivity contribution in [3.05, 3.63) is 81.9 Å². The molecule has 0 atom stereocenters. The van der Waals surface area contributed by atoms with Gasteiger partial charge in [-0.1, -0.05) is 119 Å². The molecule has 0 aliphatic rings. The second kappa shape index (κ2) is 12.8. The molecule has 5 nitrogen and oxygen atoms in total. The minimum Gasteiger partial charge on any atom is -0.206 e. The van der Waals surface area contributed by atoms with Crippen LogP contribution in [-0.2, 0) is 20.0 Å². The van der Waals surface area contributed by atoms with Gasteiger partial charge in [0.05, 0.1) is 9.79 Å². The van der Waals surface area contributed by atoms with Crippen LogP contribution in [0.4, 0.5) is 0 Å². The summed E-state index contributed by atoms with van der Waals surface area (Å²) in [5.74, 6) is -0.00991. The van der Waals surface area contributed by atoms with Crippen LogP contribution in [0, 0.1) is 0 Å². The van der Waals surface area contributed by atoms with Crippen LogP contribution < -0.4 is 4.13 Å². The lowest BCUT2D eigenvalue weighted by Gasteiger charge is -2.25. The molecule has 244 valence electrons. The second-order valence-electron chi connectivity index (χ2n) is 14.4. The molecule has 0 heterocycles. The largest absolute Gasteiger partial charge is 0.254 e. The Kier molecular flexibility index (Phi) is 10.00. The highest BCUT2D eigenvalue weighted by Crippen LogP contribution is 2.41. The topological polar surface area (TPSA) is 80.3 Å². The van der Waals surface area contributed by atoms with Crippen LogP contribution in [0.15, 0.2) is 58.3 Å². The Morgan fingerprint density at radius 3 is 1.04 bits per heavy atom. The highest BCUT2D eigenvalue weighted by Gasteiger charge is 2.35. The van der Waals surface area contributed by atoms with E-state index in [1.165, 1.54) is 11.1 Å². The summed E-state index contributed by atoms with van der Waals surface area (Å²) >= 11 is 0. The Balaban J connectivity index is 2.03. The van der Waals surface area contributed by atoms with Crippen molar-refractivity contribution in [2.24, 2.45) is 0 Å². The first-order chi connectivity index (χ1) is 20.8. The number of sulfonamides is 2. The van der Waals surface area contributed by atoms with Crippen LogP contribution in [0.2, 0.25) is 0 Å². The number of hydrogen-bond donors (Lipinski definition) is 1. The molecule has 0 aliphatic carbocycles. The zero-order valence-corrected chi connectivity index (χ0v) is 30.7. The van der Waals surface area contributed by atoms with Gasteiger partial charge in [0, 0.05) is 0 Å². The van der Waals surface area contributed by atoms with E-state index < -0.39 is 20.0 Å². The van der Waals surface area contributed by atoms with Gasteiger partial charge in [-0.15, -0.1) is 4.13 Å². The molecule has 0 aliphatic heterocycles. The molecule has 0 bridgehead atoms. The predicted octanol–water partition coefficient (Wildman–Crippen LogP) is 10.4. The lowest BCUT2D eigenvalue weighted by Crippen LogP contribution is -2.34. The number of fused-ring (bicyclic) bond motifs is 2. The molecule has 4 aromatic rings. The van der Waals surface area contributed by atoms with Gasteiger partial charge < -0.3 is 0 Å². The zero-order valence-electron chi connectivity index (χ0n) is 29.0. The van der Waals surface area contributed by atoms with Gasteiger partial charge in [-0.3, -0.25) is 0 Å². The standard InChI is InChI=1S/C38H51NO4S2/c1-21(2)27-13-15-31-29(17-27)19-33(23(5)6)37(35(31)25(9)10)44(40,41)39-45(42,43)38-34(24(7)8)20-30-18-28(22(3)4)14-16-32(30)36(38)26(11)12/h13-26,39H,1-12H3. The van der Waals surface area contributed by atoms with Crippen LogP contribution in [-0.4, -0.2) is 16.8 Å². The summed E-state index contributed by atoms with van der Waals surface area (Å²) in [6.45, 7) is 24.2.